The van der Waals surface area contributed by atoms with E-state index in [1.165, 1.54) is 0 Å². The average Bonchev–Trinajstić information content (AvgIpc) is 2.58. The van der Waals surface area contributed by atoms with Crippen LogP contribution >= 0.6 is 23.2 Å². The molecule has 1 saturated carbocycles. The Bertz CT molecular complexity index is 423. The van der Waals surface area contributed by atoms with Gasteiger partial charge in [-0.2, -0.15) is 0 Å². The van der Waals surface area contributed by atoms with Crippen LogP contribution in [0.4, 0.5) is 8.78 Å². The highest BCUT2D eigenvalue weighted by molar-refractivity contribution is 6.35. The van der Waals surface area contributed by atoms with E-state index in [4.69, 9.17) is 28.9 Å². The van der Waals surface area contributed by atoms with Crippen molar-refractivity contribution >= 4 is 23.2 Å². The van der Waals surface area contributed by atoms with Crippen LogP contribution in [0, 0.1) is 5.92 Å². The van der Waals surface area contributed by atoms with Crippen molar-refractivity contribution < 1.29 is 8.78 Å². The number of benzene rings is 1. The average molecular weight is 280 g/mol. The van der Waals surface area contributed by atoms with Crippen molar-refractivity contribution in [3.05, 3.63) is 33.8 Å². The number of hydrogen-bond acceptors (Lipinski definition) is 1. The lowest BCUT2D eigenvalue weighted by molar-refractivity contribution is 0.00390. The van der Waals surface area contributed by atoms with Crippen LogP contribution in [-0.2, 0) is 0 Å². The van der Waals surface area contributed by atoms with Crippen molar-refractivity contribution in [1.82, 2.24) is 0 Å². The first kappa shape index (κ1) is 13.1. The minimum Gasteiger partial charge on any atom is -0.324 e. The molecule has 1 aliphatic carbocycles. The smallest absolute Gasteiger partial charge is 0.248 e. The predicted molar refractivity (Wildman–Crippen MR) is 65.7 cm³/mol. The number of halogens is 4. The molecule has 1 aromatic rings. The van der Waals surface area contributed by atoms with Gasteiger partial charge in [0.05, 0.1) is 0 Å². The van der Waals surface area contributed by atoms with Gasteiger partial charge >= 0.3 is 0 Å². The highest BCUT2D eigenvalue weighted by atomic mass is 35.5. The van der Waals surface area contributed by atoms with Crippen molar-refractivity contribution in [3.63, 3.8) is 0 Å². The first-order valence-corrected chi connectivity index (χ1v) is 6.23. The third-order valence-electron chi connectivity index (χ3n) is 3.27. The molecule has 2 unspecified atom stereocenters. The SMILES string of the molecule is NC(c1ccc(Cl)cc1Cl)C1CCC(F)(F)C1. The Labute approximate surface area is 109 Å². The van der Waals surface area contributed by atoms with Crippen LogP contribution in [0.15, 0.2) is 18.2 Å². The zero-order chi connectivity index (χ0) is 12.6. The number of hydrogen-bond donors (Lipinski definition) is 1. The molecule has 1 aliphatic rings. The Kier molecular flexibility index (Phi) is 3.62. The van der Waals surface area contributed by atoms with Crippen LogP contribution in [0.5, 0.6) is 0 Å². The fourth-order valence-corrected chi connectivity index (χ4v) is 2.85. The summed E-state index contributed by atoms with van der Waals surface area (Å²) in [5.41, 5.74) is 6.70. The lowest BCUT2D eigenvalue weighted by Crippen LogP contribution is -2.21. The summed E-state index contributed by atoms with van der Waals surface area (Å²) in [4.78, 5) is 0. The number of rotatable bonds is 2. The summed E-state index contributed by atoms with van der Waals surface area (Å²) in [6, 6.07) is 4.53. The zero-order valence-corrected chi connectivity index (χ0v) is 10.6. The van der Waals surface area contributed by atoms with Crippen molar-refractivity contribution in [2.75, 3.05) is 0 Å². The molecule has 1 fully saturated rings. The minimum absolute atomic E-state index is 0.0867. The van der Waals surface area contributed by atoms with Gasteiger partial charge in [0.25, 0.3) is 0 Å². The highest BCUT2D eigenvalue weighted by Gasteiger charge is 2.42. The van der Waals surface area contributed by atoms with E-state index in [2.05, 4.69) is 0 Å². The van der Waals surface area contributed by atoms with Gasteiger partial charge in [-0.05, 0) is 30.0 Å². The lowest BCUT2D eigenvalue weighted by atomic mass is 9.92. The molecule has 5 heteroatoms. The first-order valence-electron chi connectivity index (χ1n) is 5.47. The van der Waals surface area contributed by atoms with E-state index in [0.29, 0.717) is 22.0 Å². The normalized spacial score (nSPS) is 24.9. The largest absolute Gasteiger partial charge is 0.324 e. The molecule has 2 rings (SSSR count). The molecule has 0 aromatic heterocycles. The van der Waals surface area contributed by atoms with Gasteiger partial charge in [-0.3, -0.25) is 0 Å². The van der Waals surface area contributed by atoms with Crippen LogP contribution in [-0.4, -0.2) is 5.92 Å². The monoisotopic (exact) mass is 279 g/mol. The summed E-state index contributed by atoms with van der Waals surface area (Å²) in [6.07, 6.45) is 0.191. The van der Waals surface area contributed by atoms with Gasteiger partial charge < -0.3 is 5.73 Å². The predicted octanol–water partition coefficient (Wildman–Crippen LogP) is 4.43. The van der Waals surface area contributed by atoms with E-state index >= 15 is 0 Å². The summed E-state index contributed by atoms with van der Waals surface area (Å²) in [7, 11) is 0. The van der Waals surface area contributed by atoms with Gasteiger partial charge in [0.15, 0.2) is 0 Å². The molecule has 1 nitrogen and oxygen atoms in total. The molecule has 0 bridgehead atoms. The fraction of sp³-hybridized carbons (Fsp3) is 0.500. The highest BCUT2D eigenvalue weighted by Crippen LogP contribution is 2.44. The Morgan fingerprint density at radius 3 is 2.59 bits per heavy atom. The third kappa shape index (κ3) is 2.90. The maximum Gasteiger partial charge on any atom is 0.248 e. The Hall–Kier alpha value is -0.380. The van der Waals surface area contributed by atoms with Crippen molar-refractivity contribution in [3.8, 4) is 0 Å². The molecular formula is C12H13Cl2F2N. The topological polar surface area (TPSA) is 26.0 Å². The third-order valence-corrected chi connectivity index (χ3v) is 3.83. The van der Waals surface area contributed by atoms with E-state index in [1.54, 1.807) is 18.2 Å². The summed E-state index contributed by atoms with van der Waals surface area (Å²) in [6.45, 7) is 0. The molecule has 2 atom stereocenters. The van der Waals surface area contributed by atoms with Gasteiger partial charge in [0.1, 0.15) is 0 Å². The van der Waals surface area contributed by atoms with Crippen LogP contribution < -0.4 is 5.73 Å². The standard InChI is InChI=1S/C12H13Cl2F2N/c13-8-1-2-9(10(14)5-8)11(17)7-3-4-12(15,16)6-7/h1-2,5,7,11H,3-4,6,17H2. The molecular weight excluding hydrogens is 267 g/mol. The van der Waals surface area contributed by atoms with E-state index in [-0.39, 0.29) is 18.8 Å². The van der Waals surface area contributed by atoms with Gasteiger partial charge in [0.2, 0.25) is 5.92 Å². The number of nitrogens with two attached hydrogens (primary N) is 1. The molecule has 0 aliphatic heterocycles. The van der Waals surface area contributed by atoms with Crippen LogP contribution in [0.1, 0.15) is 30.9 Å². The Morgan fingerprint density at radius 1 is 1.35 bits per heavy atom. The maximum atomic E-state index is 13.1. The molecule has 0 radical (unpaired) electrons. The first-order chi connectivity index (χ1) is 7.89. The summed E-state index contributed by atoms with van der Waals surface area (Å²) >= 11 is 11.8. The van der Waals surface area contributed by atoms with E-state index in [0.717, 1.165) is 0 Å². The molecule has 0 heterocycles. The van der Waals surface area contributed by atoms with Gasteiger partial charge in [0, 0.05) is 28.9 Å². The summed E-state index contributed by atoms with van der Waals surface area (Å²) < 4.78 is 26.3. The van der Waals surface area contributed by atoms with Crippen LogP contribution in [0.25, 0.3) is 0 Å². The summed E-state index contributed by atoms with van der Waals surface area (Å²) in [5, 5.41) is 0.961. The van der Waals surface area contributed by atoms with Gasteiger partial charge in [-0.15, -0.1) is 0 Å². The van der Waals surface area contributed by atoms with Crippen molar-refractivity contribution in [2.24, 2.45) is 11.7 Å². The molecule has 0 spiro atoms. The zero-order valence-electron chi connectivity index (χ0n) is 9.10. The number of alkyl halides is 2. The molecule has 0 saturated heterocycles. The summed E-state index contributed by atoms with van der Waals surface area (Å²) in [5.74, 6) is -2.80. The molecule has 0 amide bonds. The molecule has 94 valence electrons. The fourth-order valence-electron chi connectivity index (χ4n) is 2.32. The van der Waals surface area contributed by atoms with Gasteiger partial charge in [-0.25, -0.2) is 8.78 Å². The minimum atomic E-state index is -2.58. The maximum absolute atomic E-state index is 13.1. The second kappa shape index (κ2) is 4.71. The Balaban J connectivity index is 2.17. The molecule has 1 aromatic carbocycles. The van der Waals surface area contributed by atoms with Crippen molar-refractivity contribution in [1.29, 1.82) is 0 Å². The molecule has 2 N–H and O–H groups in total. The van der Waals surface area contributed by atoms with E-state index in [1.807, 2.05) is 0 Å². The van der Waals surface area contributed by atoms with E-state index in [9.17, 15) is 8.78 Å². The second-order valence-electron chi connectivity index (χ2n) is 4.55. The van der Waals surface area contributed by atoms with Crippen LogP contribution in [0.3, 0.4) is 0 Å². The van der Waals surface area contributed by atoms with Crippen LogP contribution in [0.2, 0.25) is 10.0 Å². The van der Waals surface area contributed by atoms with E-state index < -0.39 is 12.0 Å². The van der Waals surface area contributed by atoms with Crippen molar-refractivity contribution in [2.45, 2.75) is 31.2 Å². The quantitative estimate of drug-likeness (QED) is 0.852. The second-order valence-corrected chi connectivity index (χ2v) is 5.39. The lowest BCUT2D eigenvalue weighted by Gasteiger charge is -2.20. The Morgan fingerprint density at radius 2 is 2.06 bits per heavy atom. The van der Waals surface area contributed by atoms with Gasteiger partial charge in [-0.1, -0.05) is 29.3 Å². The molecule has 17 heavy (non-hydrogen) atoms.